The maximum Gasteiger partial charge on any atom is 0.300 e. The second-order valence-electron chi connectivity index (χ2n) is 7.12. The minimum Gasteiger partial charge on any atom is -0.291 e. The maximum absolute atomic E-state index is 13.4. The molecule has 0 N–H and O–H groups in total. The lowest BCUT2D eigenvalue weighted by atomic mass is 10.1. The Morgan fingerprint density at radius 1 is 0.931 bits per heavy atom. The summed E-state index contributed by atoms with van der Waals surface area (Å²) in [5.74, 6) is -2.02. The van der Waals surface area contributed by atoms with E-state index in [1.807, 2.05) is 11.0 Å². The van der Waals surface area contributed by atoms with Gasteiger partial charge in [0.15, 0.2) is 0 Å². The molecule has 7 nitrogen and oxygen atoms in total. The summed E-state index contributed by atoms with van der Waals surface area (Å²) in [6, 6.07) is 12.7. The topological polar surface area (TPSA) is 78.0 Å². The molecule has 0 saturated carbocycles. The zero-order valence-electron chi connectivity index (χ0n) is 15.6. The molecule has 0 unspecified atom stereocenters. The minimum absolute atomic E-state index is 0.0497. The van der Waals surface area contributed by atoms with Crippen LogP contribution < -0.4 is 4.90 Å². The number of piperazine rings is 1. The first kappa shape index (κ1) is 19.7. The number of hydrogen-bond donors (Lipinski definition) is 0. The lowest BCUT2D eigenvalue weighted by molar-refractivity contribution is -0.114. The smallest absolute Gasteiger partial charge is 0.291 e. The standard InChI is InChI=1S/C20H20FN3O4S/c21-16-6-7-18-17(12-16)19(25)20(26)24(18)14-22-8-10-23(11-9-22)29(27,28)13-15-4-2-1-3-5-15/h1-7,12H,8-11,13-14H2. The fourth-order valence-electron chi connectivity index (χ4n) is 3.64. The number of fused-ring (bicyclic) bond motifs is 1. The molecule has 2 aliphatic heterocycles. The SMILES string of the molecule is O=C1C(=O)N(CN2CCN(S(=O)(=O)Cc3ccccc3)CC2)c2ccc(F)cc21. The molecule has 2 aromatic carbocycles. The number of halogens is 1. The number of rotatable bonds is 5. The van der Waals surface area contributed by atoms with Gasteiger partial charge in [-0.15, -0.1) is 0 Å². The van der Waals surface area contributed by atoms with E-state index in [1.54, 1.807) is 24.3 Å². The van der Waals surface area contributed by atoms with E-state index in [4.69, 9.17) is 0 Å². The van der Waals surface area contributed by atoms with E-state index in [1.165, 1.54) is 21.3 Å². The number of amides is 1. The lowest BCUT2D eigenvalue weighted by Crippen LogP contribution is -2.52. The molecule has 0 radical (unpaired) electrons. The van der Waals surface area contributed by atoms with Gasteiger partial charge in [-0.1, -0.05) is 30.3 Å². The molecule has 9 heteroatoms. The summed E-state index contributed by atoms with van der Waals surface area (Å²) in [6.07, 6.45) is 0. The van der Waals surface area contributed by atoms with Gasteiger partial charge in [-0.3, -0.25) is 19.4 Å². The summed E-state index contributed by atoms with van der Waals surface area (Å²) in [5, 5.41) is 0. The van der Waals surface area contributed by atoms with Gasteiger partial charge in [0.25, 0.3) is 5.78 Å². The predicted octanol–water partition coefficient (Wildman–Crippen LogP) is 1.46. The highest BCUT2D eigenvalue weighted by molar-refractivity contribution is 7.88. The Hall–Kier alpha value is -2.62. The molecule has 0 spiro atoms. The van der Waals surface area contributed by atoms with Gasteiger partial charge in [0.1, 0.15) is 5.82 Å². The Bertz CT molecular complexity index is 1050. The number of ketones is 1. The van der Waals surface area contributed by atoms with E-state index < -0.39 is 27.5 Å². The summed E-state index contributed by atoms with van der Waals surface area (Å²) in [6.45, 7) is 1.64. The van der Waals surface area contributed by atoms with Crippen LogP contribution >= 0.6 is 0 Å². The Morgan fingerprint density at radius 2 is 1.62 bits per heavy atom. The highest BCUT2D eigenvalue weighted by atomic mass is 32.2. The molecule has 1 amide bonds. The van der Waals surface area contributed by atoms with Crippen LogP contribution in [0.15, 0.2) is 48.5 Å². The first-order chi connectivity index (χ1) is 13.8. The molecule has 0 aromatic heterocycles. The molecule has 1 fully saturated rings. The van der Waals surface area contributed by atoms with Crippen molar-refractivity contribution in [1.29, 1.82) is 0 Å². The van der Waals surface area contributed by atoms with Crippen molar-refractivity contribution >= 4 is 27.4 Å². The average Bonchev–Trinajstić information content (AvgIpc) is 2.93. The third kappa shape index (κ3) is 3.93. The van der Waals surface area contributed by atoms with Crippen molar-refractivity contribution in [3.05, 3.63) is 65.5 Å². The average molecular weight is 417 g/mol. The Kier molecular flexibility index (Phi) is 5.20. The molecular formula is C20H20FN3O4S. The maximum atomic E-state index is 13.4. The number of nitrogens with zero attached hydrogens (tertiary/aromatic N) is 3. The number of Topliss-reactive ketones (excluding diaryl/α,β-unsaturated/α-hetero) is 1. The van der Waals surface area contributed by atoms with Crippen molar-refractivity contribution in [1.82, 2.24) is 9.21 Å². The van der Waals surface area contributed by atoms with Gasteiger partial charge in [0, 0.05) is 26.2 Å². The van der Waals surface area contributed by atoms with Crippen LogP contribution in [-0.4, -0.2) is 62.2 Å². The van der Waals surface area contributed by atoms with Gasteiger partial charge in [0.05, 0.1) is 23.7 Å². The molecule has 0 atom stereocenters. The van der Waals surface area contributed by atoms with E-state index >= 15 is 0 Å². The second kappa shape index (κ2) is 7.66. The Labute approximate surface area is 168 Å². The van der Waals surface area contributed by atoms with Gasteiger partial charge in [-0.25, -0.2) is 12.8 Å². The molecule has 0 bridgehead atoms. The number of carbonyl (C=O) groups is 2. The molecule has 4 rings (SSSR count). The number of hydrogen-bond acceptors (Lipinski definition) is 5. The minimum atomic E-state index is -3.43. The van der Waals surface area contributed by atoms with E-state index in [0.29, 0.717) is 31.9 Å². The van der Waals surface area contributed by atoms with Crippen LogP contribution in [0.3, 0.4) is 0 Å². The fourth-order valence-corrected chi connectivity index (χ4v) is 5.15. The van der Waals surface area contributed by atoms with Crippen LogP contribution in [0.4, 0.5) is 10.1 Å². The predicted molar refractivity (Wildman–Crippen MR) is 105 cm³/mol. The van der Waals surface area contributed by atoms with Crippen molar-refractivity contribution < 1.29 is 22.4 Å². The summed E-state index contributed by atoms with van der Waals surface area (Å²) in [7, 11) is -3.43. The van der Waals surface area contributed by atoms with Crippen LogP contribution in [0, 0.1) is 5.82 Å². The van der Waals surface area contributed by atoms with Crippen LogP contribution in [0.2, 0.25) is 0 Å². The number of anilines is 1. The second-order valence-corrected chi connectivity index (χ2v) is 9.09. The van der Waals surface area contributed by atoms with E-state index in [0.717, 1.165) is 11.6 Å². The van der Waals surface area contributed by atoms with Gasteiger partial charge >= 0.3 is 5.91 Å². The molecule has 2 aromatic rings. The zero-order valence-corrected chi connectivity index (χ0v) is 16.4. The largest absolute Gasteiger partial charge is 0.300 e. The Morgan fingerprint density at radius 3 is 2.31 bits per heavy atom. The number of sulfonamides is 1. The van der Waals surface area contributed by atoms with Crippen molar-refractivity contribution in [2.75, 3.05) is 37.7 Å². The Balaban J connectivity index is 1.40. The molecular weight excluding hydrogens is 397 g/mol. The summed E-state index contributed by atoms with van der Waals surface area (Å²) >= 11 is 0. The highest BCUT2D eigenvalue weighted by Crippen LogP contribution is 2.29. The number of benzene rings is 2. The molecule has 29 heavy (non-hydrogen) atoms. The number of carbonyl (C=O) groups excluding carboxylic acids is 2. The van der Waals surface area contributed by atoms with Crippen molar-refractivity contribution in [2.24, 2.45) is 0 Å². The van der Waals surface area contributed by atoms with Gasteiger partial charge in [-0.2, -0.15) is 4.31 Å². The van der Waals surface area contributed by atoms with E-state index in [9.17, 15) is 22.4 Å². The first-order valence-electron chi connectivity index (χ1n) is 9.25. The van der Waals surface area contributed by atoms with Crippen LogP contribution in [0.1, 0.15) is 15.9 Å². The lowest BCUT2D eigenvalue weighted by Gasteiger charge is -2.35. The molecule has 2 heterocycles. The van der Waals surface area contributed by atoms with Gasteiger partial charge in [0.2, 0.25) is 10.0 Å². The van der Waals surface area contributed by atoms with Gasteiger partial charge in [-0.05, 0) is 23.8 Å². The van der Waals surface area contributed by atoms with Crippen LogP contribution in [0.25, 0.3) is 0 Å². The molecule has 1 saturated heterocycles. The molecule has 0 aliphatic carbocycles. The van der Waals surface area contributed by atoms with Crippen molar-refractivity contribution in [3.8, 4) is 0 Å². The summed E-state index contributed by atoms with van der Waals surface area (Å²) < 4.78 is 40.2. The third-order valence-electron chi connectivity index (χ3n) is 5.19. The third-order valence-corrected chi connectivity index (χ3v) is 7.04. The highest BCUT2D eigenvalue weighted by Gasteiger charge is 2.37. The van der Waals surface area contributed by atoms with Crippen LogP contribution in [0.5, 0.6) is 0 Å². The molecule has 2 aliphatic rings. The van der Waals surface area contributed by atoms with Gasteiger partial charge < -0.3 is 0 Å². The van der Waals surface area contributed by atoms with E-state index in [2.05, 4.69) is 0 Å². The summed E-state index contributed by atoms with van der Waals surface area (Å²) in [4.78, 5) is 27.6. The normalized spacial score (nSPS) is 18.3. The monoisotopic (exact) mass is 417 g/mol. The first-order valence-corrected chi connectivity index (χ1v) is 10.9. The van der Waals surface area contributed by atoms with Crippen molar-refractivity contribution in [3.63, 3.8) is 0 Å². The van der Waals surface area contributed by atoms with E-state index in [-0.39, 0.29) is 18.0 Å². The van der Waals surface area contributed by atoms with Crippen LogP contribution in [-0.2, 0) is 20.6 Å². The molecule has 152 valence electrons. The summed E-state index contributed by atoms with van der Waals surface area (Å²) in [5.41, 5.74) is 1.19. The quantitative estimate of drug-likeness (QED) is 0.689. The zero-order chi connectivity index (χ0) is 20.6. The fraction of sp³-hybridized carbons (Fsp3) is 0.300. The van der Waals surface area contributed by atoms with Crippen molar-refractivity contribution in [2.45, 2.75) is 5.75 Å².